The molecule has 0 spiro atoms. The third-order valence-corrected chi connectivity index (χ3v) is 4.07. The fraction of sp³-hybridized carbons (Fsp3) is 0.500. The third-order valence-electron chi connectivity index (χ3n) is 4.07. The summed E-state index contributed by atoms with van der Waals surface area (Å²) in [5, 5.41) is 8.99. The van der Waals surface area contributed by atoms with E-state index < -0.39 is 5.97 Å². The van der Waals surface area contributed by atoms with Gasteiger partial charge in [0.15, 0.2) is 0 Å². The average Bonchev–Trinajstić information content (AvgIpc) is 2.54. The molecule has 0 saturated carbocycles. The molecule has 3 heteroatoms. The summed E-state index contributed by atoms with van der Waals surface area (Å²) in [7, 11) is 0. The molecule has 136 valence electrons. The lowest BCUT2D eigenvalue weighted by atomic mass is 9.96. The second kappa shape index (κ2) is 11.4. The maximum atomic E-state index is 10.9. The maximum absolute atomic E-state index is 10.9. The van der Waals surface area contributed by atoms with Gasteiger partial charge in [-0.3, -0.25) is 4.79 Å². The van der Waals surface area contributed by atoms with Gasteiger partial charge >= 0.3 is 5.97 Å². The summed E-state index contributed by atoms with van der Waals surface area (Å²) in [6.45, 7) is 8.94. The highest BCUT2D eigenvalue weighted by Gasteiger charge is 2.13. The quantitative estimate of drug-likeness (QED) is 0.456. The second-order valence-electron chi connectivity index (χ2n) is 6.71. The SMILES string of the molecule is CC#C[C@@H](CC(=O)O)c1ccc(OCC[C@H](C)CCC=C(C)C)cc1. The Kier molecular flexibility index (Phi) is 9.47. The first-order chi connectivity index (χ1) is 11.9. The van der Waals surface area contributed by atoms with Gasteiger partial charge < -0.3 is 9.84 Å². The smallest absolute Gasteiger partial charge is 0.304 e. The highest BCUT2D eigenvalue weighted by atomic mass is 16.5. The van der Waals surface area contributed by atoms with E-state index in [4.69, 9.17) is 9.84 Å². The molecule has 1 aromatic carbocycles. The van der Waals surface area contributed by atoms with Crippen LogP contribution in [0.3, 0.4) is 0 Å². The van der Waals surface area contributed by atoms with Gasteiger partial charge in [-0.1, -0.05) is 36.6 Å². The number of rotatable bonds is 10. The minimum Gasteiger partial charge on any atom is -0.494 e. The van der Waals surface area contributed by atoms with E-state index in [9.17, 15) is 4.79 Å². The number of benzene rings is 1. The molecule has 1 aromatic rings. The largest absolute Gasteiger partial charge is 0.494 e. The van der Waals surface area contributed by atoms with Crippen LogP contribution >= 0.6 is 0 Å². The summed E-state index contributed by atoms with van der Waals surface area (Å²) in [5.41, 5.74) is 2.29. The van der Waals surface area contributed by atoms with Crippen molar-refractivity contribution in [3.8, 4) is 17.6 Å². The van der Waals surface area contributed by atoms with Crippen molar-refractivity contribution in [3.05, 3.63) is 41.5 Å². The number of hydrogen-bond acceptors (Lipinski definition) is 2. The number of aliphatic carboxylic acids is 1. The van der Waals surface area contributed by atoms with Crippen LogP contribution < -0.4 is 4.74 Å². The van der Waals surface area contributed by atoms with Gasteiger partial charge in [0.1, 0.15) is 5.75 Å². The molecule has 1 N–H and O–H groups in total. The molecule has 3 nitrogen and oxygen atoms in total. The Morgan fingerprint density at radius 2 is 1.92 bits per heavy atom. The molecule has 0 fully saturated rings. The minimum absolute atomic E-state index is 0.0181. The van der Waals surface area contributed by atoms with Crippen molar-refractivity contribution in [1.82, 2.24) is 0 Å². The summed E-state index contributed by atoms with van der Waals surface area (Å²) >= 11 is 0. The van der Waals surface area contributed by atoms with E-state index in [1.807, 2.05) is 24.3 Å². The highest BCUT2D eigenvalue weighted by Crippen LogP contribution is 2.22. The highest BCUT2D eigenvalue weighted by molar-refractivity contribution is 5.69. The van der Waals surface area contributed by atoms with Gasteiger partial charge in [0.2, 0.25) is 0 Å². The number of carboxylic acids is 1. The fourth-order valence-corrected chi connectivity index (χ4v) is 2.58. The van der Waals surface area contributed by atoms with Crippen LogP contribution in [0.15, 0.2) is 35.9 Å². The molecule has 0 heterocycles. The normalized spacial score (nSPS) is 12.5. The molecular weight excluding hydrogens is 312 g/mol. The van der Waals surface area contributed by atoms with E-state index in [1.165, 1.54) is 12.0 Å². The molecule has 0 radical (unpaired) electrons. The third kappa shape index (κ3) is 9.00. The summed E-state index contributed by atoms with van der Waals surface area (Å²) < 4.78 is 5.81. The summed E-state index contributed by atoms with van der Waals surface area (Å²) in [4.78, 5) is 10.9. The molecule has 2 atom stereocenters. The standard InChI is InChI=1S/C22H30O3/c1-5-7-20(16-22(23)24)19-10-12-21(13-11-19)25-15-14-18(4)9-6-8-17(2)3/h8,10-13,18,20H,6,9,14-16H2,1-4H3,(H,23,24)/t18-,20+/m1/s1. The molecule has 0 aliphatic heterocycles. The molecule has 0 amide bonds. The lowest BCUT2D eigenvalue weighted by Gasteiger charge is -2.13. The van der Waals surface area contributed by atoms with E-state index in [0.717, 1.165) is 24.2 Å². The zero-order valence-electron chi connectivity index (χ0n) is 15.8. The minimum atomic E-state index is -0.838. The van der Waals surface area contributed by atoms with E-state index in [1.54, 1.807) is 6.92 Å². The predicted octanol–water partition coefficient (Wildman–Crippen LogP) is 5.42. The van der Waals surface area contributed by atoms with Crippen LogP contribution in [0.25, 0.3) is 0 Å². The van der Waals surface area contributed by atoms with Crippen molar-refractivity contribution in [2.24, 2.45) is 5.92 Å². The Morgan fingerprint density at radius 3 is 2.48 bits per heavy atom. The molecule has 0 aliphatic carbocycles. The van der Waals surface area contributed by atoms with Crippen molar-refractivity contribution < 1.29 is 14.6 Å². The molecule has 25 heavy (non-hydrogen) atoms. The number of carboxylic acid groups (broad SMARTS) is 1. The average molecular weight is 342 g/mol. The lowest BCUT2D eigenvalue weighted by Crippen LogP contribution is -2.06. The first-order valence-electron chi connectivity index (χ1n) is 8.92. The van der Waals surface area contributed by atoms with Gasteiger partial charge in [0.25, 0.3) is 0 Å². The van der Waals surface area contributed by atoms with Crippen LogP contribution in [0.4, 0.5) is 0 Å². The predicted molar refractivity (Wildman–Crippen MR) is 103 cm³/mol. The van der Waals surface area contributed by atoms with Crippen LogP contribution in [-0.2, 0) is 4.79 Å². The van der Waals surface area contributed by atoms with Crippen molar-refractivity contribution in [2.75, 3.05) is 6.61 Å². The van der Waals surface area contributed by atoms with E-state index in [0.29, 0.717) is 12.5 Å². The molecule has 0 aromatic heterocycles. The van der Waals surface area contributed by atoms with Gasteiger partial charge in [-0.2, -0.15) is 0 Å². The molecule has 0 aliphatic rings. The number of hydrogen-bond donors (Lipinski definition) is 1. The molecule has 1 rings (SSSR count). The lowest BCUT2D eigenvalue weighted by molar-refractivity contribution is -0.137. The monoisotopic (exact) mass is 342 g/mol. The maximum Gasteiger partial charge on any atom is 0.304 e. The van der Waals surface area contributed by atoms with Crippen LogP contribution in [0.2, 0.25) is 0 Å². The van der Waals surface area contributed by atoms with Gasteiger partial charge in [-0.05, 0) is 63.6 Å². The topological polar surface area (TPSA) is 46.5 Å². The Morgan fingerprint density at radius 1 is 1.24 bits per heavy atom. The second-order valence-corrected chi connectivity index (χ2v) is 6.71. The number of allylic oxidation sites excluding steroid dienone is 2. The number of ether oxygens (including phenoxy) is 1. The van der Waals surface area contributed by atoms with E-state index in [-0.39, 0.29) is 12.3 Å². The summed E-state index contributed by atoms with van der Waals surface area (Å²) in [6, 6.07) is 7.61. The van der Waals surface area contributed by atoms with Crippen molar-refractivity contribution in [2.45, 2.75) is 59.3 Å². The Hall–Kier alpha value is -2.21. The van der Waals surface area contributed by atoms with E-state index >= 15 is 0 Å². The molecule has 0 bridgehead atoms. The first-order valence-corrected chi connectivity index (χ1v) is 8.92. The number of carbonyl (C=O) groups is 1. The fourth-order valence-electron chi connectivity index (χ4n) is 2.58. The molecular formula is C22H30O3. The zero-order chi connectivity index (χ0) is 18.7. The van der Waals surface area contributed by atoms with Gasteiger partial charge in [-0.15, -0.1) is 5.92 Å². The summed E-state index contributed by atoms with van der Waals surface area (Å²) in [5.74, 6) is 6.11. The van der Waals surface area contributed by atoms with Gasteiger partial charge in [0.05, 0.1) is 18.9 Å². The van der Waals surface area contributed by atoms with Crippen molar-refractivity contribution >= 4 is 5.97 Å². The van der Waals surface area contributed by atoms with Crippen LogP contribution in [-0.4, -0.2) is 17.7 Å². The Balaban J connectivity index is 2.46. The zero-order valence-corrected chi connectivity index (χ0v) is 15.8. The van der Waals surface area contributed by atoms with Crippen molar-refractivity contribution in [1.29, 1.82) is 0 Å². The van der Waals surface area contributed by atoms with Gasteiger partial charge in [-0.25, -0.2) is 0 Å². The first kappa shape index (κ1) is 20.8. The van der Waals surface area contributed by atoms with Crippen molar-refractivity contribution in [3.63, 3.8) is 0 Å². The summed E-state index contributed by atoms with van der Waals surface area (Å²) in [6.07, 6.45) is 5.63. The Bertz CT molecular complexity index is 613. The molecule has 0 saturated heterocycles. The van der Waals surface area contributed by atoms with Gasteiger partial charge in [0, 0.05) is 0 Å². The van der Waals surface area contributed by atoms with Crippen LogP contribution in [0.1, 0.15) is 64.9 Å². The van der Waals surface area contributed by atoms with Crippen LogP contribution in [0, 0.1) is 17.8 Å². The Labute approximate surface area is 152 Å². The molecule has 0 unspecified atom stereocenters. The van der Waals surface area contributed by atoms with Crippen LogP contribution in [0.5, 0.6) is 5.75 Å². The van der Waals surface area contributed by atoms with E-state index in [2.05, 4.69) is 38.7 Å².